The van der Waals surface area contributed by atoms with Crippen molar-refractivity contribution >= 4 is 5.82 Å². The first-order valence-corrected chi connectivity index (χ1v) is 5.01. The average Bonchev–Trinajstić information content (AvgIpc) is 2.64. The minimum Gasteiger partial charge on any atom is -0.475 e. The molecule has 0 unspecified atom stereocenters. The Kier molecular flexibility index (Phi) is 2.76. The molecule has 0 bridgehead atoms. The molecule has 2 aromatic heterocycles. The maximum absolute atomic E-state index is 5.48. The highest BCUT2D eigenvalue weighted by Crippen LogP contribution is 2.21. The van der Waals surface area contributed by atoms with E-state index >= 15 is 0 Å². The van der Waals surface area contributed by atoms with Gasteiger partial charge >= 0.3 is 0 Å². The monoisotopic (exact) mass is 219 g/mol. The fourth-order valence-corrected chi connectivity index (χ4v) is 1.27. The molecule has 0 saturated heterocycles. The molecule has 0 fully saturated rings. The Labute approximate surface area is 93.2 Å². The van der Waals surface area contributed by atoms with Crippen molar-refractivity contribution < 1.29 is 9.26 Å². The summed E-state index contributed by atoms with van der Waals surface area (Å²) in [5.74, 6) is 1.43. The van der Waals surface area contributed by atoms with Crippen molar-refractivity contribution in [2.24, 2.45) is 0 Å². The van der Waals surface area contributed by atoms with Gasteiger partial charge in [-0.2, -0.15) is 0 Å². The molecule has 0 radical (unpaired) electrons. The van der Waals surface area contributed by atoms with Gasteiger partial charge in [-0.3, -0.25) is 0 Å². The topological polar surface area (TPSA) is 74.2 Å². The lowest BCUT2D eigenvalue weighted by atomic mass is 10.3. The lowest BCUT2D eigenvalue weighted by Crippen LogP contribution is -2.06. The van der Waals surface area contributed by atoms with Crippen LogP contribution in [0, 0.1) is 0 Å². The SMILES string of the molecule is CC(C)Oc1cccc(-c2cc(N)no2)n1. The molecule has 0 aliphatic rings. The van der Waals surface area contributed by atoms with Crippen LogP contribution in [0.15, 0.2) is 28.8 Å². The zero-order valence-corrected chi connectivity index (χ0v) is 9.18. The van der Waals surface area contributed by atoms with E-state index in [1.54, 1.807) is 12.1 Å². The summed E-state index contributed by atoms with van der Waals surface area (Å²) in [6.45, 7) is 3.89. The van der Waals surface area contributed by atoms with E-state index in [1.165, 1.54) is 0 Å². The molecular formula is C11H13N3O2. The molecule has 2 aromatic rings. The number of nitrogens with zero attached hydrogens (tertiary/aromatic N) is 2. The molecular weight excluding hydrogens is 206 g/mol. The van der Waals surface area contributed by atoms with Gasteiger partial charge in [0.2, 0.25) is 5.88 Å². The van der Waals surface area contributed by atoms with E-state index in [1.807, 2.05) is 26.0 Å². The largest absolute Gasteiger partial charge is 0.475 e. The Morgan fingerprint density at radius 2 is 2.19 bits per heavy atom. The van der Waals surface area contributed by atoms with Crippen molar-refractivity contribution in [1.82, 2.24) is 10.1 Å². The van der Waals surface area contributed by atoms with Gasteiger partial charge in [0.15, 0.2) is 11.6 Å². The average molecular weight is 219 g/mol. The first-order chi connectivity index (χ1) is 7.65. The van der Waals surface area contributed by atoms with Crippen LogP contribution in [-0.2, 0) is 0 Å². The van der Waals surface area contributed by atoms with Crippen LogP contribution in [0.3, 0.4) is 0 Å². The van der Waals surface area contributed by atoms with Crippen LogP contribution in [0.25, 0.3) is 11.5 Å². The van der Waals surface area contributed by atoms with Crippen LogP contribution < -0.4 is 10.5 Å². The van der Waals surface area contributed by atoms with Gasteiger partial charge in [-0.25, -0.2) is 4.98 Å². The summed E-state index contributed by atoms with van der Waals surface area (Å²) < 4.78 is 10.5. The van der Waals surface area contributed by atoms with Gasteiger partial charge in [0.1, 0.15) is 5.69 Å². The molecule has 0 amide bonds. The number of aromatic nitrogens is 2. The second-order valence-electron chi connectivity index (χ2n) is 3.64. The van der Waals surface area contributed by atoms with Crippen molar-refractivity contribution in [3.63, 3.8) is 0 Å². The van der Waals surface area contributed by atoms with Gasteiger partial charge in [0.25, 0.3) is 0 Å². The third-order valence-electron chi connectivity index (χ3n) is 1.86. The van der Waals surface area contributed by atoms with E-state index in [9.17, 15) is 0 Å². The van der Waals surface area contributed by atoms with Crippen molar-refractivity contribution in [3.05, 3.63) is 24.3 Å². The normalized spacial score (nSPS) is 10.7. The van der Waals surface area contributed by atoms with E-state index in [-0.39, 0.29) is 6.10 Å². The lowest BCUT2D eigenvalue weighted by Gasteiger charge is -2.08. The molecule has 0 atom stereocenters. The Bertz CT molecular complexity index is 480. The quantitative estimate of drug-likeness (QED) is 0.855. The molecule has 16 heavy (non-hydrogen) atoms. The van der Waals surface area contributed by atoms with E-state index in [4.69, 9.17) is 15.0 Å². The minimum absolute atomic E-state index is 0.0857. The fourth-order valence-electron chi connectivity index (χ4n) is 1.27. The molecule has 0 spiro atoms. The standard InChI is InChI=1S/C11H13N3O2/c1-7(2)15-11-5-3-4-8(13-11)9-6-10(12)14-16-9/h3-7H,1-2H3,(H2,12,14). The fraction of sp³-hybridized carbons (Fsp3) is 0.273. The summed E-state index contributed by atoms with van der Waals surface area (Å²) in [5.41, 5.74) is 6.13. The maximum Gasteiger partial charge on any atom is 0.214 e. The Balaban J connectivity index is 2.28. The number of hydrogen-bond acceptors (Lipinski definition) is 5. The van der Waals surface area contributed by atoms with Gasteiger partial charge in [-0.1, -0.05) is 11.2 Å². The molecule has 0 saturated carbocycles. The van der Waals surface area contributed by atoms with Gasteiger partial charge in [0, 0.05) is 12.1 Å². The van der Waals surface area contributed by atoms with E-state index in [0.717, 1.165) is 0 Å². The predicted octanol–water partition coefficient (Wildman–Crippen LogP) is 2.11. The zero-order chi connectivity index (χ0) is 11.5. The van der Waals surface area contributed by atoms with Crippen LogP contribution in [0.4, 0.5) is 5.82 Å². The number of anilines is 1. The van der Waals surface area contributed by atoms with Crippen molar-refractivity contribution in [2.75, 3.05) is 5.73 Å². The molecule has 84 valence electrons. The molecule has 0 aliphatic heterocycles. The van der Waals surface area contributed by atoms with Crippen molar-refractivity contribution in [3.8, 4) is 17.3 Å². The summed E-state index contributed by atoms with van der Waals surface area (Å²) in [5, 5.41) is 3.61. The van der Waals surface area contributed by atoms with Crippen LogP contribution in [0.2, 0.25) is 0 Å². The van der Waals surface area contributed by atoms with E-state index in [2.05, 4.69) is 10.1 Å². The first-order valence-electron chi connectivity index (χ1n) is 5.01. The predicted molar refractivity (Wildman–Crippen MR) is 59.9 cm³/mol. The third kappa shape index (κ3) is 2.31. The second-order valence-corrected chi connectivity index (χ2v) is 3.64. The van der Waals surface area contributed by atoms with Crippen LogP contribution >= 0.6 is 0 Å². The minimum atomic E-state index is 0.0857. The number of pyridine rings is 1. The van der Waals surface area contributed by atoms with Crippen molar-refractivity contribution in [2.45, 2.75) is 20.0 Å². The van der Waals surface area contributed by atoms with Gasteiger partial charge in [-0.05, 0) is 19.9 Å². The van der Waals surface area contributed by atoms with Gasteiger partial charge < -0.3 is 15.0 Å². The molecule has 0 aliphatic carbocycles. The van der Waals surface area contributed by atoms with Crippen LogP contribution in [0.5, 0.6) is 5.88 Å². The van der Waals surface area contributed by atoms with Crippen molar-refractivity contribution in [1.29, 1.82) is 0 Å². The molecule has 5 heteroatoms. The second kappa shape index (κ2) is 4.22. The third-order valence-corrected chi connectivity index (χ3v) is 1.86. The summed E-state index contributed by atoms with van der Waals surface area (Å²) in [7, 11) is 0. The maximum atomic E-state index is 5.48. The van der Waals surface area contributed by atoms with Crippen LogP contribution in [0.1, 0.15) is 13.8 Å². The summed E-state index contributed by atoms with van der Waals surface area (Å²) in [6, 6.07) is 7.08. The molecule has 2 rings (SSSR count). The number of rotatable bonds is 3. The smallest absolute Gasteiger partial charge is 0.214 e. The Hall–Kier alpha value is -2.04. The molecule has 0 aromatic carbocycles. The highest BCUT2D eigenvalue weighted by atomic mass is 16.5. The Morgan fingerprint density at radius 3 is 2.81 bits per heavy atom. The van der Waals surface area contributed by atoms with Crippen LogP contribution in [-0.4, -0.2) is 16.2 Å². The first kappa shape index (κ1) is 10.5. The summed E-state index contributed by atoms with van der Waals surface area (Å²) in [4.78, 5) is 4.28. The number of nitrogens with two attached hydrogens (primary N) is 1. The molecule has 2 N–H and O–H groups in total. The van der Waals surface area contributed by atoms with Gasteiger partial charge in [0.05, 0.1) is 6.10 Å². The lowest BCUT2D eigenvalue weighted by molar-refractivity contribution is 0.233. The highest BCUT2D eigenvalue weighted by Gasteiger charge is 2.07. The summed E-state index contributed by atoms with van der Waals surface area (Å²) >= 11 is 0. The molecule has 2 heterocycles. The number of ether oxygens (including phenoxy) is 1. The van der Waals surface area contributed by atoms with E-state index < -0.39 is 0 Å². The van der Waals surface area contributed by atoms with Gasteiger partial charge in [-0.15, -0.1) is 0 Å². The highest BCUT2D eigenvalue weighted by molar-refractivity contribution is 5.55. The zero-order valence-electron chi connectivity index (χ0n) is 9.18. The number of hydrogen-bond donors (Lipinski definition) is 1. The Morgan fingerprint density at radius 1 is 1.38 bits per heavy atom. The van der Waals surface area contributed by atoms with E-state index in [0.29, 0.717) is 23.2 Å². The number of nitrogen functional groups attached to an aromatic ring is 1. The summed E-state index contributed by atoms with van der Waals surface area (Å²) in [6.07, 6.45) is 0.0857. The molecule has 5 nitrogen and oxygen atoms in total.